The first-order valence-corrected chi connectivity index (χ1v) is 9.65. The summed E-state index contributed by atoms with van der Waals surface area (Å²) in [4.78, 5) is 28.0. The Labute approximate surface area is 165 Å². The molecule has 0 aliphatic carbocycles. The van der Waals surface area contributed by atoms with E-state index in [1.165, 1.54) is 20.5 Å². The number of nitrogens with one attached hydrogen (secondary N) is 1. The average Bonchev–Trinajstić information content (AvgIpc) is 3.23. The first-order valence-electron chi connectivity index (χ1n) is 9.65. The molecule has 1 spiro atoms. The Kier molecular flexibility index (Phi) is 4.75. The summed E-state index contributed by atoms with van der Waals surface area (Å²) in [5, 5.41) is 3.07. The maximum atomic E-state index is 13.2. The van der Waals surface area contributed by atoms with Gasteiger partial charge in [-0.3, -0.25) is 9.69 Å². The number of para-hydroxylation sites is 1. The second-order valence-corrected chi connectivity index (χ2v) is 7.77. The van der Waals surface area contributed by atoms with Gasteiger partial charge in [0.1, 0.15) is 0 Å². The normalized spacial score (nSPS) is 31.9. The standard InChI is InChI=1S/C22H26N2O4/c1-4-14-12-24-10-9-22(17-7-5-6-8-18(17)23-21(22)26)19(24)11-15(14)16(13-27-2)20(25)28-3/h4-8,13-15,19H,1,9-12H2,2-3H3,(H,23,26)/b16-13+/t14-,15+,19+,22-/m1/s1. The maximum Gasteiger partial charge on any atom is 0.337 e. The molecule has 1 N–H and O–H groups in total. The van der Waals surface area contributed by atoms with Crippen LogP contribution in [0.3, 0.4) is 0 Å². The number of benzene rings is 1. The van der Waals surface area contributed by atoms with Crippen LogP contribution in [0, 0.1) is 11.8 Å². The molecular weight excluding hydrogens is 356 g/mol. The minimum Gasteiger partial charge on any atom is -0.504 e. The largest absolute Gasteiger partial charge is 0.504 e. The van der Waals surface area contributed by atoms with Crippen molar-refractivity contribution >= 4 is 17.6 Å². The lowest BCUT2D eigenvalue weighted by Crippen LogP contribution is -2.53. The van der Waals surface area contributed by atoms with Crippen LogP contribution in [0.25, 0.3) is 0 Å². The minimum absolute atomic E-state index is 0.0160. The summed E-state index contributed by atoms with van der Waals surface area (Å²) in [7, 11) is 2.90. The third kappa shape index (κ3) is 2.58. The number of ether oxygens (including phenoxy) is 2. The number of nitrogens with zero attached hydrogens (tertiary/aromatic N) is 1. The molecular formula is C22H26N2O4. The smallest absolute Gasteiger partial charge is 0.337 e. The Hall–Kier alpha value is -2.60. The molecule has 1 aromatic rings. The molecule has 28 heavy (non-hydrogen) atoms. The van der Waals surface area contributed by atoms with Crippen LogP contribution in [0.4, 0.5) is 5.69 Å². The average molecular weight is 382 g/mol. The molecule has 0 saturated carbocycles. The van der Waals surface area contributed by atoms with E-state index in [9.17, 15) is 9.59 Å². The molecule has 6 heteroatoms. The van der Waals surface area contributed by atoms with Crippen LogP contribution < -0.4 is 5.32 Å². The lowest BCUT2D eigenvalue weighted by molar-refractivity contribution is -0.137. The summed E-state index contributed by atoms with van der Waals surface area (Å²) in [6.45, 7) is 5.60. The van der Waals surface area contributed by atoms with Crippen LogP contribution in [-0.4, -0.2) is 50.1 Å². The van der Waals surface area contributed by atoms with Gasteiger partial charge in [-0.05, 0) is 36.9 Å². The van der Waals surface area contributed by atoms with Crippen LogP contribution in [0.1, 0.15) is 18.4 Å². The molecule has 3 aliphatic rings. The molecule has 3 heterocycles. The van der Waals surface area contributed by atoms with E-state index in [1.807, 2.05) is 24.3 Å². The highest BCUT2D eigenvalue weighted by Gasteiger charge is 2.60. The van der Waals surface area contributed by atoms with Crippen LogP contribution in [-0.2, 0) is 24.5 Å². The van der Waals surface area contributed by atoms with E-state index in [4.69, 9.17) is 9.47 Å². The first kappa shape index (κ1) is 18.7. The Morgan fingerprint density at radius 1 is 1.36 bits per heavy atom. The monoisotopic (exact) mass is 382 g/mol. The van der Waals surface area contributed by atoms with Gasteiger partial charge in [0, 0.05) is 24.2 Å². The van der Waals surface area contributed by atoms with Crippen molar-refractivity contribution in [1.82, 2.24) is 4.90 Å². The van der Waals surface area contributed by atoms with Gasteiger partial charge in [0.05, 0.1) is 31.5 Å². The van der Waals surface area contributed by atoms with E-state index in [1.54, 1.807) is 0 Å². The fraction of sp³-hybridized carbons (Fsp3) is 0.455. The quantitative estimate of drug-likeness (QED) is 0.375. The van der Waals surface area contributed by atoms with Gasteiger partial charge in [0.2, 0.25) is 5.91 Å². The number of piperidine rings is 1. The SMILES string of the molecule is C=C[C@@H]1CN2CC[C@]3(C(=O)Nc4ccccc43)[C@@H]2C[C@@H]1/C(=C\OC)C(=O)OC. The molecule has 2 saturated heterocycles. The molecule has 0 radical (unpaired) electrons. The van der Waals surface area contributed by atoms with Gasteiger partial charge in [-0.25, -0.2) is 4.79 Å². The topological polar surface area (TPSA) is 67.9 Å². The number of amides is 1. The number of anilines is 1. The highest BCUT2D eigenvalue weighted by Crippen LogP contribution is 2.52. The minimum atomic E-state index is -0.574. The van der Waals surface area contributed by atoms with Crippen molar-refractivity contribution in [3.05, 3.63) is 54.3 Å². The number of carbonyl (C=O) groups excluding carboxylic acids is 2. The zero-order chi connectivity index (χ0) is 19.9. The van der Waals surface area contributed by atoms with Crippen LogP contribution in [0.15, 0.2) is 48.8 Å². The number of methoxy groups -OCH3 is 2. The number of hydrogen-bond donors (Lipinski definition) is 1. The van der Waals surface area contributed by atoms with E-state index >= 15 is 0 Å². The van der Waals surface area contributed by atoms with Gasteiger partial charge in [0.15, 0.2) is 0 Å². The molecule has 2 fully saturated rings. The van der Waals surface area contributed by atoms with Crippen molar-refractivity contribution in [2.45, 2.75) is 24.3 Å². The van der Waals surface area contributed by atoms with Crippen molar-refractivity contribution < 1.29 is 19.1 Å². The zero-order valence-corrected chi connectivity index (χ0v) is 16.3. The fourth-order valence-electron chi connectivity index (χ4n) is 5.38. The molecule has 0 aromatic heterocycles. The van der Waals surface area contributed by atoms with Gasteiger partial charge < -0.3 is 14.8 Å². The summed E-state index contributed by atoms with van der Waals surface area (Å²) in [6.07, 6.45) is 4.83. The van der Waals surface area contributed by atoms with Crippen molar-refractivity contribution in [1.29, 1.82) is 0 Å². The summed E-state index contributed by atoms with van der Waals surface area (Å²) < 4.78 is 10.2. The lowest BCUT2D eigenvalue weighted by atomic mass is 9.68. The molecule has 0 unspecified atom stereocenters. The van der Waals surface area contributed by atoms with Gasteiger partial charge in [-0.1, -0.05) is 24.3 Å². The Bertz CT molecular complexity index is 849. The van der Waals surface area contributed by atoms with E-state index in [0.29, 0.717) is 12.0 Å². The number of fused-ring (bicyclic) bond motifs is 4. The second kappa shape index (κ2) is 7.09. The fourth-order valence-corrected chi connectivity index (χ4v) is 5.38. The molecule has 1 amide bonds. The lowest BCUT2D eigenvalue weighted by Gasteiger charge is -2.44. The Balaban J connectivity index is 1.75. The first-order chi connectivity index (χ1) is 13.6. The molecule has 6 nitrogen and oxygen atoms in total. The van der Waals surface area contributed by atoms with Crippen LogP contribution in [0.5, 0.6) is 0 Å². The molecule has 1 aromatic carbocycles. The van der Waals surface area contributed by atoms with Crippen LogP contribution >= 0.6 is 0 Å². The molecule has 148 valence electrons. The molecule has 4 atom stereocenters. The van der Waals surface area contributed by atoms with Gasteiger partial charge in [-0.15, -0.1) is 6.58 Å². The third-order valence-corrected chi connectivity index (χ3v) is 6.67. The Morgan fingerprint density at radius 3 is 2.86 bits per heavy atom. The number of carbonyl (C=O) groups is 2. The summed E-state index contributed by atoms with van der Waals surface area (Å²) in [6, 6.07) is 7.96. The Morgan fingerprint density at radius 2 is 2.14 bits per heavy atom. The summed E-state index contributed by atoms with van der Waals surface area (Å²) in [5.74, 6) is -0.351. The number of esters is 1. The van der Waals surface area contributed by atoms with E-state index in [0.717, 1.165) is 30.8 Å². The van der Waals surface area contributed by atoms with E-state index in [2.05, 4.69) is 22.9 Å². The van der Waals surface area contributed by atoms with Crippen molar-refractivity contribution in [3.8, 4) is 0 Å². The molecule has 3 aliphatic heterocycles. The number of hydrogen-bond acceptors (Lipinski definition) is 5. The van der Waals surface area contributed by atoms with E-state index in [-0.39, 0.29) is 23.8 Å². The predicted octanol–water partition coefficient (Wildman–Crippen LogP) is 2.48. The number of rotatable bonds is 4. The molecule has 0 bridgehead atoms. The predicted molar refractivity (Wildman–Crippen MR) is 106 cm³/mol. The van der Waals surface area contributed by atoms with Crippen LogP contribution in [0.2, 0.25) is 0 Å². The molecule has 4 rings (SSSR count). The van der Waals surface area contributed by atoms with Gasteiger partial charge in [0.25, 0.3) is 0 Å². The maximum absolute atomic E-state index is 13.2. The zero-order valence-electron chi connectivity index (χ0n) is 16.3. The van der Waals surface area contributed by atoms with E-state index < -0.39 is 11.4 Å². The van der Waals surface area contributed by atoms with Crippen molar-refractivity contribution in [3.63, 3.8) is 0 Å². The van der Waals surface area contributed by atoms with Crippen molar-refractivity contribution in [2.24, 2.45) is 11.8 Å². The second-order valence-electron chi connectivity index (χ2n) is 7.77. The van der Waals surface area contributed by atoms with Gasteiger partial charge >= 0.3 is 5.97 Å². The third-order valence-electron chi connectivity index (χ3n) is 6.67. The van der Waals surface area contributed by atoms with Gasteiger partial charge in [-0.2, -0.15) is 0 Å². The van der Waals surface area contributed by atoms with Crippen molar-refractivity contribution in [2.75, 3.05) is 32.6 Å². The highest BCUT2D eigenvalue weighted by molar-refractivity contribution is 6.07. The summed E-state index contributed by atoms with van der Waals surface area (Å²) >= 11 is 0. The summed E-state index contributed by atoms with van der Waals surface area (Å²) in [5.41, 5.74) is 1.90. The highest BCUT2D eigenvalue weighted by atomic mass is 16.5.